The van der Waals surface area contributed by atoms with Crippen molar-refractivity contribution in [2.24, 2.45) is 0 Å². The monoisotopic (exact) mass is 321 g/mol. The minimum Gasteiger partial charge on any atom is -0.462 e. The van der Waals surface area contributed by atoms with Crippen LogP contribution in [0.5, 0.6) is 0 Å². The lowest BCUT2D eigenvalue weighted by Gasteiger charge is -2.24. The largest absolute Gasteiger partial charge is 0.462 e. The first-order chi connectivity index (χ1) is 11.6. The van der Waals surface area contributed by atoms with E-state index in [4.69, 9.17) is 4.74 Å². The van der Waals surface area contributed by atoms with E-state index in [2.05, 4.69) is 6.07 Å². The maximum absolute atomic E-state index is 12.6. The molecule has 0 fully saturated rings. The minimum absolute atomic E-state index is 0.0481. The number of hydrogen-bond acceptors (Lipinski definition) is 3. The second-order valence-corrected chi connectivity index (χ2v) is 6.17. The molecular formula is C20H19NO3. The first-order valence-electron chi connectivity index (χ1n) is 8.20. The summed E-state index contributed by atoms with van der Waals surface area (Å²) < 4.78 is 6.93. The Labute approximate surface area is 140 Å². The zero-order valence-corrected chi connectivity index (χ0v) is 13.5. The van der Waals surface area contributed by atoms with E-state index in [1.165, 1.54) is 0 Å². The Kier molecular flexibility index (Phi) is 3.43. The number of hydrogen-bond donors (Lipinski definition) is 1. The van der Waals surface area contributed by atoms with Crippen LogP contribution in [0.3, 0.4) is 0 Å². The van der Waals surface area contributed by atoms with Crippen LogP contribution in [0.1, 0.15) is 30.5 Å². The Balaban J connectivity index is 1.94. The minimum atomic E-state index is -1.67. The molecule has 1 N–H and O–H groups in total. The number of aliphatic hydroxyl groups is 1. The van der Waals surface area contributed by atoms with Crippen molar-refractivity contribution in [2.45, 2.75) is 25.0 Å². The summed E-state index contributed by atoms with van der Waals surface area (Å²) in [5.41, 5.74) is 1.20. The van der Waals surface area contributed by atoms with Gasteiger partial charge < -0.3 is 14.4 Å². The Morgan fingerprint density at radius 3 is 2.67 bits per heavy atom. The molecule has 1 unspecified atom stereocenters. The predicted molar refractivity (Wildman–Crippen MR) is 91.7 cm³/mol. The number of aromatic nitrogens is 1. The number of benzene rings is 2. The third-order valence-electron chi connectivity index (χ3n) is 4.76. The molecular weight excluding hydrogens is 302 g/mol. The van der Waals surface area contributed by atoms with Crippen LogP contribution < -0.4 is 0 Å². The van der Waals surface area contributed by atoms with Crippen molar-refractivity contribution in [3.63, 3.8) is 0 Å². The molecule has 2 atom stereocenters. The van der Waals surface area contributed by atoms with Gasteiger partial charge >= 0.3 is 5.97 Å². The Hall–Kier alpha value is -2.59. The summed E-state index contributed by atoms with van der Waals surface area (Å²) in [7, 11) is 0. The summed E-state index contributed by atoms with van der Waals surface area (Å²) in [6.07, 6.45) is 0.288. The molecule has 0 saturated carbocycles. The van der Waals surface area contributed by atoms with Gasteiger partial charge in [-0.15, -0.1) is 0 Å². The van der Waals surface area contributed by atoms with Crippen LogP contribution >= 0.6 is 0 Å². The summed E-state index contributed by atoms with van der Waals surface area (Å²) in [4.78, 5) is 12.6. The molecule has 0 saturated heterocycles. The van der Waals surface area contributed by atoms with E-state index in [1.807, 2.05) is 54.6 Å². The molecule has 122 valence electrons. The van der Waals surface area contributed by atoms with Crippen LogP contribution in [0.15, 0.2) is 60.7 Å². The van der Waals surface area contributed by atoms with Gasteiger partial charge in [-0.25, -0.2) is 4.79 Å². The highest BCUT2D eigenvalue weighted by Crippen LogP contribution is 2.46. The van der Waals surface area contributed by atoms with Crippen LogP contribution in [-0.2, 0) is 15.3 Å². The SMILES string of the molecule is CCOC(=O)C1(O)C[C@@H](c2ccccc2)c2cc3ccccc3n21. The van der Waals surface area contributed by atoms with E-state index >= 15 is 0 Å². The average molecular weight is 321 g/mol. The lowest BCUT2D eigenvalue weighted by atomic mass is 9.91. The van der Waals surface area contributed by atoms with Gasteiger partial charge in [0.2, 0.25) is 5.72 Å². The van der Waals surface area contributed by atoms with Crippen molar-refractivity contribution >= 4 is 16.9 Å². The second-order valence-electron chi connectivity index (χ2n) is 6.17. The molecule has 4 nitrogen and oxygen atoms in total. The van der Waals surface area contributed by atoms with Crippen LogP contribution in [0, 0.1) is 0 Å². The number of rotatable bonds is 3. The quantitative estimate of drug-likeness (QED) is 0.752. The highest BCUT2D eigenvalue weighted by molar-refractivity contribution is 5.87. The van der Waals surface area contributed by atoms with Gasteiger partial charge in [-0.05, 0) is 30.0 Å². The summed E-state index contributed by atoms with van der Waals surface area (Å²) >= 11 is 0. The standard InChI is InChI=1S/C20H19NO3/c1-2-24-19(22)20(23)13-16(14-8-4-3-5-9-14)18-12-15-10-6-7-11-17(15)21(18)20/h3-12,16,23H,2,13H2,1H3/t16-,20?/m0/s1. The smallest absolute Gasteiger partial charge is 0.360 e. The van der Waals surface area contributed by atoms with E-state index in [-0.39, 0.29) is 18.9 Å². The maximum atomic E-state index is 12.6. The molecule has 1 aliphatic heterocycles. The molecule has 0 radical (unpaired) electrons. The van der Waals surface area contributed by atoms with E-state index in [0.717, 1.165) is 22.2 Å². The first-order valence-corrected chi connectivity index (χ1v) is 8.20. The lowest BCUT2D eigenvalue weighted by molar-refractivity contribution is -0.175. The maximum Gasteiger partial charge on any atom is 0.360 e. The van der Waals surface area contributed by atoms with E-state index in [9.17, 15) is 9.90 Å². The molecule has 0 amide bonds. The van der Waals surface area contributed by atoms with Crippen molar-refractivity contribution in [3.8, 4) is 0 Å². The van der Waals surface area contributed by atoms with Crippen molar-refractivity contribution in [2.75, 3.05) is 6.61 Å². The number of fused-ring (bicyclic) bond motifs is 3. The van der Waals surface area contributed by atoms with Crippen molar-refractivity contribution in [1.82, 2.24) is 4.57 Å². The number of para-hydroxylation sites is 1. The van der Waals surface area contributed by atoms with Crippen LogP contribution in [0.4, 0.5) is 0 Å². The highest BCUT2D eigenvalue weighted by atomic mass is 16.6. The molecule has 2 heterocycles. The molecule has 0 aliphatic carbocycles. The Morgan fingerprint density at radius 2 is 1.92 bits per heavy atom. The number of carbonyl (C=O) groups is 1. The normalized spacial score (nSPS) is 22.5. The molecule has 3 aromatic rings. The number of carbonyl (C=O) groups excluding carboxylic acids is 1. The van der Waals surface area contributed by atoms with Crippen LogP contribution in [-0.4, -0.2) is 22.2 Å². The summed E-state index contributed by atoms with van der Waals surface area (Å²) in [6.45, 7) is 1.99. The van der Waals surface area contributed by atoms with Gasteiger partial charge in [0.1, 0.15) is 0 Å². The summed E-state index contributed by atoms with van der Waals surface area (Å²) in [5, 5.41) is 12.3. The van der Waals surface area contributed by atoms with Crippen LogP contribution in [0.25, 0.3) is 10.9 Å². The fraction of sp³-hybridized carbons (Fsp3) is 0.250. The number of nitrogens with zero attached hydrogens (tertiary/aromatic N) is 1. The van der Waals surface area contributed by atoms with Gasteiger partial charge in [0.05, 0.1) is 12.1 Å². The molecule has 4 heteroatoms. The predicted octanol–water partition coefficient (Wildman–Crippen LogP) is 3.39. The molecule has 4 rings (SSSR count). The molecule has 0 bridgehead atoms. The number of esters is 1. The zero-order chi connectivity index (χ0) is 16.7. The molecule has 0 spiro atoms. The van der Waals surface area contributed by atoms with Gasteiger partial charge in [0.25, 0.3) is 0 Å². The molecule has 1 aliphatic rings. The van der Waals surface area contributed by atoms with Crippen molar-refractivity contribution < 1.29 is 14.6 Å². The fourth-order valence-corrected chi connectivity index (χ4v) is 3.72. The third-order valence-corrected chi connectivity index (χ3v) is 4.76. The molecule has 2 aromatic carbocycles. The number of ether oxygens (including phenoxy) is 1. The third kappa shape index (κ3) is 2.07. The Morgan fingerprint density at radius 1 is 1.21 bits per heavy atom. The van der Waals surface area contributed by atoms with Crippen LogP contribution in [0.2, 0.25) is 0 Å². The van der Waals surface area contributed by atoms with Gasteiger partial charge in [-0.1, -0.05) is 48.5 Å². The second kappa shape index (κ2) is 5.49. The van der Waals surface area contributed by atoms with E-state index in [1.54, 1.807) is 11.5 Å². The lowest BCUT2D eigenvalue weighted by Crippen LogP contribution is -2.40. The molecule has 24 heavy (non-hydrogen) atoms. The van der Waals surface area contributed by atoms with E-state index < -0.39 is 11.7 Å². The Bertz CT molecular complexity index is 900. The van der Waals surface area contributed by atoms with E-state index in [0.29, 0.717) is 0 Å². The first kappa shape index (κ1) is 15.0. The van der Waals surface area contributed by atoms with Crippen molar-refractivity contribution in [1.29, 1.82) is 0 Å². The zero-order valence-electron chi connectivity index (χ0n) is 13.5. The van der Waals surface area contributed by atoms with Gasteiger partial charge in [0.15, 0.2) is 0 Å². The fourth-order valence-electron chi connectivity index (χ4n) is 3.72. The molecule has 1 aromatic heterocycles. The van der Waals surface area contributed by atoms with Gasteiger partial charge in [-0.3, -0.25) is 0 Å². The topological polar surface area (TPSA) is 51.5 Å². The van der Waals surface area contributed by atoms with Crippen molar-refractivity contribution in [3.05, 3.63) is 71.9 Å². The highest BCUT2D eigenvalue weighted by Gasteiger charge is 2.50. The van der Waals surface area contributed by atoms with Gasteiger partial charge in [0, 0.05) is 18.0 Å². The average Bonchev–Trinajstić information content (AvgIpc) is 3.13. The summed E-state index contributed by atoms with van der Waals surface area (Å²) in [6, 6.07) is 19.8. The summed E-state index contributed by atoms with van der Waals surface area (Å²) in [5.74, 6) is -0.640. The van der Waals surface area contributed by atoms with Gasteiger partial charge in [-0.2, -0.15) is 0 Å².